The number of benzene rings is 1. The molecule has 0 aromatic heterocycles. The summed E-state index contributed by atoms with van der Waals surface area (Å²) in [6.07, 6.45) is 4.54. The molecule has 0 spiro atoms. The van der Waals surface area contributed by atoms with Crippen LogP contribution in [-0.4, -0.2) is 36.2 Å². The number of aliphatic hydroxyl groups excluding tert-OH is 1. The van der Waals surface area contributed by atoms with Crippen molar-refractivity contribution in [3.05, 3.63) is 29.8 Å². The molecule has 0 radical (unpaired) electrons. The number of ketones is 1. The fourth-order valence-electron chi connectivity index (χ4n) is 2.94. The second-order valence-electron chi connectivity index (χ2n) is 6.32. The van der Waals surface area contributed by atoms with Gasteiger partial charge in [0.15, 0.2) is 5.78 Å². The first kappa shape index (κ1) is 17.0. The van der Waals surface area contributed by atoms with E-state index in [1.807, 2.05) is 0 Å². The highest BCUT2D eigenvalue weighted by molar-refractivity contribution is 5.94. The van der Waals surface area contributed by atoms with Crippen LogP contribution in [0, 0.1) is 5.92 Å². The minimum atomic E-state index is -0.526. The van der Waals surface area contributed by atoms with Crippen LogP contribution in [0.25, 0.3) is 0 Å². The molecule has 1 aliphatic carbocycles. The molecule has 4 nitrogen and oxygen atoms in total. The Hall–Kier alpha value is -1.39. The van der Waals surface area contributed by atoms with E-state index in [0.717, 1.165) is 0 Å². The number of carbonyl (C=O) groups excluding carboxylic acids is 1. The minimum Gasteiger partial charge on any atom is -0.491 e. The van der Waals surface area contributed by atoms with Crippen molar-refractivity contribution in [2.24, 2.45) is 5.92 Å². The smallest absolute Gasteiger partial charge is 0.159 e. The van der Waals surface area contributed by atoms with Gasteiger partial charge >= 0.3 is 0 Å². The lowest BCUT2D eigenvalue weighted by Crippen LogP contribution is -2.42. The number of ether oxygens (including phenoxy) is 1. The zero-order chi connectivity index (χ0) is 15.9. The monoisotopic (exact) mass is 305 g/mol. The Morgan fingerprint density at radius 2 is 2.00 bits per heavy atom. The SMILES string of the molecule is CC(=O)c1ccc(OCC(O)CNC2CCCCC2C)cc1. The van der Waals surface area contributed by atoms with Crippen LogP contribution >= 0.6 is 0 Å². The summed E-state index contributed by atoms with van der Waals surface area (Å²) >= 11 is 0. The average Bonchev–Trinajstić information content (AvgIpc) is 2.52. The first-order valence-electron chi connectivity index (χ1n) is 8.21. The molecular weight excluding hydrogens is 278 g/mol. The van der Waals surface area contributed by atoms with Crippen molar-refractivity contribution in [2.75, 3.05) is 13.2 Å². The summed E-state index contributed by atoms with van der Waals surface area (Å²) in [6, 6.07) is 7.52. The largest absolute Gasteiger partial charge is 0.491 e. The second-order valence-corrected chi connectivity index (χ2v) is 6.32. The maximum absolute atomic E-state index is 11.2. The highest BCUT2D eigenvalue weighted by Crippen LogP contribution is 2.23. The molecule has 2 N–H and O–H groups in total. The van der Waals surface area contributed by atoms with Crippen molar-refractivity contribution < 1.29 is 14.6 Å². The normalized spacial score (nSPS) is 23.0. The number of hydrogen-bond donors (Lipinski definition) is 2. The summed E-state index contributed by atoms with van der Waals surface area (Å²) in [5, 5.41) is 13.5. The van der Waals surface area contributed by atoms with E-state index in [1.165, 1.54) is 32.6 Å². The molecule has 0 aliphatic heterocycles. The Balaban J connectivity index is 1.70. The molecule has 22 heavy (non-hydrogen) atoms. The van der Waals surface area contributed by atoms with Gasteiger partial charge in [0.05, 0.1) is 0 Å². The van der Waals surface area contributed by atoms with Crippen LogP contribution in [-0.2, 0) is 0 Å². The fraction of sp³-hybridized carbons (Fsp3) is 0.611. The zero-order valence-corrected chi connectivity index (χ0v) is 13.5. The van der Waals surface area contributed by atoms with Gasteiger partial charge in [0.2, 0.25) is 0 Å². The summed E-state index contributed by atoms with van der Waals surface area (Å²) in [6.45, 7) is 4.63. The Labute approximate surface area is 132 Å². The Bertz CT molecular complexity index is 472. The third-order valence-corrected chi connectivity index (χ3v) is 4.43. The lowest BCUT2D eigenvalue weighted by atomic mass is 9.86. The molecule has 3 atom stereocenters. The standard InChI is InChI=1S/C18H27NO3/c1-13-5-3-4-6-18(13)19-11-16(21)12-22-17-9-7-15(8-10-17)14(2)20/h7-10,13,16,18-19,21H,3-6,11-12H2,1-2H3. The lowest BCUT2D eigenvalue weighted by Gasteiger charge is -2.30. The number of nitrogens with one attached hydrogen (secondary N) is 1. The van der Waals surface area contributed by atoms with Gasteiger partial charge in [0.1, 0.15) is 18.5 Å². The Kier molecular flexibility index (Phi) is 6.40. The van der Waals surface area contributed by atoms with Crippen LogP contribution < -0.4 is 10.1 Å². The molecule has 1 saturated carbocycles. The van der Waals surface area contributed by atoms with E-state index in [9.17, 15) is 9.90 Å². The molecule has 1 aromatic rings. The number of aliphatic hydroxyl groups is 1. The maximum atomic E-state index is 11.2. The van der Waals surface area contributed by atoms with Crippen LogP contribution in [0.3, 0.4) is 0 Å². The van der Waals surface area contributed by atoms with Gasteiger partial charge in [-0.2, -0.15) is 0 Å². The molecule has 0 heterocycles. The molecule has 1 aliphatic rings. The van der Waals surface area contributed by atoms with E-state index in [1.54, 1.807) is 24.3 Å². The van der Waals surface area contributed by atoms with E-state index in [0.29, 0.717) is 29.8 Å². The lowest BCUT2D eigenvalue weighted by molar-refractivity contribution is 0.0982. The first-order valence-corrected chi connectivity index (χ1v) is 8.21. The Morgan fingerprint density at radius 3 is 2.64 bits per heavy atom. The molecule has 2 rings (SSSR count). The van der Waals surface area contributed by atoms with Crippen LogP contribution in [0.2, 0.25) is 0 Å². The van der Waals surface area contributed by atoms with Gasteiger partial charge < -0.3 is 15.2 Å². The van der Waals surface area contributed by atoms with Crippen LogP contribution in [0.5, 0.6) is 5.75 Å². The number of rotatable bonds is 7. The zero-order valence-electron chi connectivity index (χ0n) is 13.5. The van der Waals surface area contributed by atoms with Crippen molar-refractivity contribution >= 4 is 5.78 Å². The summed E-state index contributed by atoms with van der Waals surface area (Å²) < 4.78 is 5.57. The molecular formula is C18H27NO3. The fourth-order valence-corrected chi connectivity index (χ4v) is 2.94. The highest BCUT2D eigenvalue weighted by atomic mass is 16.5. The van der Waals surface area contributed by atoms with Crippen molar-refractivity contribution in [3.63, 3.8) is 0 Å². The van der Waals surface area contributed by atoms with Gasteiger partial charge in [-0.25, -0.2) is 0 Å². The Morgan fingerprint density at radius 1 is 1.32 bits per heavy atom. The van der Waals surface area contributed by atoms with Crippen molar-refractivity contribution in [1.29, 1.82) is 0 Å². The summed E-state index contributed by atoms with van der Waals surface area (Å²) in [5.41, 5.74) is 0.667. The summed E-state index contributed by atoms with van der Waals surface area (Å²) in [5.74, 6) is 1.40. The molecule has 1 aromatic carbocycles. The van der Waals surface area contributed by atoms with Crippen LogP contribution in [0.15, 0.2) is 24.3 Å². The molecule has 3 unspecified atom stereocenters. The van der Waals surface area contributed by atoms with Crippen LogP contribution in [0.1, 0.15) is 49.9 Å². The van der Waals surface area contributed by atoms with Gasteiger partial charge in [-0.1, -0.05) is 19.8 Å². The van der Waals surface area contributed by atoms with E-state index in [4.69, 9.17) is 4.74 Å². The van der Waals surface area contributed by atoms with Gasteiger partial charge in [0.25, 0.3) is 0 Å². The van der Waals surface area contributed by atoms with E-state index < -0.39 is 6.10 Å². The average molecular weight is 305 g/mol. The van der Waals surface area contributed by atoms with Gasteiger partial charge in [-0.05, 0) is 49.9 Å². The molecule has 1 fully saturated rings. The van der Waals surface area contributed by atoms with Crippen molar-refractivity contribution in [2.45, 2.75) is 51.7 Å². The second kappa shape index (κ2) is 8.30. The van der Waals surface area contributed by atoms with Gasteiger partial charge in [0, 0.05) is 18.2 Å². The summed E-state index contributed by atoms with van der Waals surface area (Å²) in [7, 11) is 0. The van der Waals surface area contributed by atoms with E-state index >= 15 is 0 Å². The quantitative estimate of drug-likeness (QED) is 0.761. The molecule has 0 amide bonds. The minimum absolute atomic E-state index is 0.0392. The molecule has 4 heteroatoms. The van der Waals surface area contributed by atoms with Crippen LogP contribution in [0.4, 0.5) is 0 Å². The molecule has 122 valence electrons. The number of Topliss-reactive ketones (excluding diaryl/α,β-unsaturated/α-hetero) is 1. The first-order chi connectivity index (χ1) is 10.6. The molecule has 0 saturated heterocycles. The van der Waals surface area contributed by atoms with E-state index in [-0.39, 0.29) is 12.4 Å². The van der Waals surface area contributed by atoms with Gasteiger partial charge in [-0.3, -0.25) is 4.79 Å². The third kappa shape index (κ3) is 5.11. The predicted octanol–water partition coefficient (Wildman–Crippen LogP) is 2.80. The van der Waals surface area contributed by atoms with E-state index in [2.05, 4.69) is 12.2 Å². The third-order valence-electron chi connectivity index (χ3n) is 4.43. The van der Waals surface area contributed by atoms with Gasteiger partial charge in [-0.15, -0.1) is 0 Å². The molecule has 0 bridgehead atoms. The number of hydrogen-bond acceptors (Lipinski definition) is 4. The highest BCUT2D eigenvalue weighted by Gasteiger charge is 2.21. The van der Waals surface area contributed by atoms with Crippen molar-refractivity contribution in [3.8, 4) is 5.75 Å². The topological polar surface area (TPSA) is 58.6 Å². The van der Waals surface area contributed by atoms with Crippen molar-refractivity contribution in [1.82, 2.24) is 5.32 Å². The maximum Gasteiger partial charge on any atom is 0.159 e. The summed E-state index contributed by atoms with van der Waals surface area (Å²) in [4.78, 5) is 11.2. The predicted molar refractivity (Wildman–Crippen MR) is 87.4 cm³/mol. The number of carbonyl (C=O) groups is 1.